The molecule has 0 amide bonds. The number of nitrogens with one attached hydrogen (secondary N) is 1. The van der Waals surface area contributed by atoms with E-state index in [1.807, 2.05) is 53.1 Å². The third-order valence-corrected chi connectivity index (χ3v) is 5.06. The van der Waals surface area contributed by atoms with E-state index in [2.05, 4.69) is 87.3 Å². The topological polar surface area (TPSA) is 37.3 Å². The fraction of sp³-hybridized carbons (Fsp3) is 0.448. The summed E-state index contributed by atoms with van der Waals surface area (Å²) in [6.07, 6.45) is 7.51. The standard InChI is InChI=1S/C14H16N2S.C11H19N.2C2H6/c1-10-4-6-13(7-5-10)8-11(2)16-14-15-9-12(3)17-14;1-6-10(5)8-12-11(7-2)9(3)4;2*1-2/h4-7,9H,2,8H2,1,3H3,(H,15,16);7-9H,2,6H2,1,3-5H3;2*1-2H3/b;10-8+,12-11?;;. The summed E-state index contributed by atoms with van der Waals surface area (Å²) < 4.78 is 0. The van der Waals surface area contributed by atoms with E-state index < -0.39 is 0 Å². The lowest BCUT2D eigenvalue weighted by Crippen LogP contribution is -2.02. The molecule has 1 heterocycles. The monoisotopic (exact) mass is 469 g/mol. The van der Waals surface area contributed by atoms with Gasteiger partial charge in [0.15, 0.2) is 5.13 Å². The van der Waals surface area contributed by atoms with Gasteiger partial charge in [0.05, 0.1) is 0 Å². The Hall–Kier alpha value is -2.46. The number of aliphatic imine (C=N–C) groups is 1. The van der Waals surface area contributed by atoms with Crippen molar-refractivity contribution in [1.82, 2.24) is 4.98 Å². The lowest BCUT2D eigenvalue weighted by Gasteiger charge is -2.06. The van der Waals surface area contributed by atoms with Gasteiger partial charge in [-0.3, -0.25) is 4.99 Å². The van der Waals surface area contributed by atoms with Crippen LogP contribution in [0.2, 0.25) is 0 Å². The molecule has 0 bridgehead atoms. The predicted octanol–water partition coefficient (Wildman–Crippen LogP) is 9.56. The molecule has 0 aliphatic carbocycles. The summed E-state index contributed by atoms with van der Waals surface area (Å²) in [5.74, 6) is 0.461. The van der Waals surface area contributed by atoms with E-state index in [0.29, 0.717) is 5.92 Å². The van der Waals surface area contributed by atoms with Crippen molar-refractivity contribution < 1.29 is 0 Å². The number of hydrogen-bond acceptors (Lipinski definition) is 4. The maximum absolute atomic E-state index is 4.35. The summed E-state index contributed by atoms with van der Waals surface area (Å²) in [5.41, 5.74) is 5.88. The minimum atomic E-state index is 0.461. The minimum Gasteiger partial charge on any atom is -0.335 e. The molecule has 0 aliphatic rings. The minimum absolute atomic E-state index is 0.461. The largest absolute Gasteiger partial charge is 0.335 e. The van der Waals surface area contributed by atoms with E-state index >= 15 is 0 Å². The van der Waals surface area contributed by atoms with Crippen molar-refractivity contribution in [3.8, 4) is 0 Å². The third kappa shape index (κ3) is 15.9. The second-order valence-electron chi connectivity index (χ2n) is 7.41. The van der Waals surface area contributed by atoms with Crippen LogP contribution >= 0.6 is 11.3 Å². The predicted molar refractivity (Wildman–Crippen MR) is 154 cm³/mol. The quantitative estimate of drug-likeness (QED) is 0.391. The van der Waals surface area contributed by atoms with Crippen molar-refractivity contribution in [2.24, 2.45) is 10.9 Å². The number of benzene rings is 1. The van der Waals surface area contributed by atoms with Gasteiger partial charge < -0.3 is 5.32 Å². The van der Waals surface area contributed by atoms with E-state index in [1.165, 1.54) is 21.6 Å². The molecule has 0 unspecified atom stereocenters. The molecule has 33 heavy (non-hydrogen) atoms. The number of hydrogen-bond donors (Lipinski definition) is 1. The molecule has 0 fully saturated rings. The van der Waals surface area contributed by atoms with Crippen LogP contribution in [0.4, 0.5) is 5.13 Å². The van der Waals surface area contributed by atoms with Crippen LogP contribution in [0.25, 0.3) is 0 Å². The highest BCUT2D eigenvalue weighted by Crippen LogP contribution is 2.19. The van der Waals surface area contributed by atoms with Crippen molar-refractivity contribution in [2.75, 3.05) is 5.32 Å². The second kappa shape index (κ2) is 20.2. The fourth-order valence-corrected chi connectivity index (χ4v) is 2.98. The van der Waals surface area contributed by atoms with Crippen molar-refractivity contribution >= 4 is 22.2 Å². The van der Waals surface area contributed by atoms with Crippen LogP contribution in [0.1, 0.15) is 77.8 Å². The number of anilines is 1. The van der Waals surface area contributed by atoms with Crippen LogP contribution in [-0.2, 0) is 6.42 Å². The molecule has 0 saturated carbocycles. The summed E-state index contributed by atoms with van der Waals surface area (Å²) in [4.78, 5) is 9.81. The average molecular weight is 470 g/mol. The molecule has 0 radical (unpaired) electrons. The van der Waals surface area contributed by atoms with E-state index in [4.69, 9.17) is 0 Å². The Morgan fingerprint density at radius 2 is 1.70 bits per heavy atom. The Morgan fingerprint density at radius 3 is 2.12 bits per heavy atom. The van der Waals surface area contributed by atoms with Gasteiger partial charge >= 0.3 is 0 Å². The molecule has 0 aliphatic heterocycles. The summed E-state index contributed by atoms with van der Waals surface area (Å²) in [7, 11) is 0. The number of aromatic nitrogens is 1. The van der Waals surface area contributed by atoms with E-state index in [0.717, 1.165) is 29.4 Å². The van der Waals surface area contributed by atoms with Crippen molar-refractivity contribution in [3.05, 3.63) is 83.2 Å². The third-order valence-electron chi connectivity index (χ3n) is 4.24. The average Bonchev–Trinajstić information content (AvgIpc) is 3.22. The molecule has 184 valence electrons. The number of thiazole rings is 1. The SMILES string of the molecule is C=C(Cc1ccc(C)cc1)Nc1ncc(C)s1.C=CC(=N/C=C(\C)CC)C(C)C.CC.CC. The van der Waals surface area contributed by atoms with Crippen LogP contribution < -0.4 is 5.32 Å². The van der Waals surface area contributed by atoms with Crippen LogP contribution in [0.3, 0.4) is 0 Å². The maximum atomic E-state index is 4.35. The fourth-order valence-electron chi connectivity index (χ4n) is 2.27. The van der Waals surface area contributed by atoms with Crippen LogP contribution in [0.5, 0.6) is 0 Å². The van der Waals surface area contributed by atoms with Gasteiger partial charge in [0, 0.05) is 35.1 Å². The van der Waals surface area contributed by atoms with Crippen LogP contribution in [-0.4, -0.2) is 10.7 Å². The van der Waals surface area contributed by atoms with E-state index in [9.17, 15) is 0 Å². The first kappa shape index (κ1) is 32.7. The van der Waals surface area contributed by atoms with Crippen LogP contribution in [0, 0.1) is 19.8 Å². The molecule has 1 N–H and O–H groups in total. The molecule has 0 spiro atoms. The summed E-state index contributed by atoms with van der Waals surface area (Å²) >= 11 is 1.65. The Balaban J connectivity index is 0. The molecule has 0 saturated heterocycles. The van der Waals surface area contributed by atoms with Gasteiger partial charge in [0.2, 0.25) is 0 Å². The van der Waals surface area contributed by atoms with Gasteiger partial charge in [0.1, 0.15) is 0 Å². The zero-order valence-corrected chi connectivity index (χ0v) is 23.6. The molecule has 2 aromatic rings. The first-order chi connectivity index (χ1) is 15.7. The zero-order chi connectivity index (χ0) is 25.8. The highest BCUT2D eigenvalue weighted by molar-refractivity contribution is 7.15. The van der Waals surface area contributed by atoms with E-state index in [-0.39, 0.29) is 0 Å². The molecule has 1 aromatic heterocycles. The molecular weight excluding hydrogens is 422 g/mol. The normalized spacial score (nSPS) is 10.6. The van der Waals surface area contributed by atoms with Crippen molar-refractivity contribution in [3.63, 3.8) is 0 Å². The Morgan fingerprint density at radius 1 is 1.12 bits per heavy atom. The Bertz CT molecular complexity index is 840. The lowest BCUT2D eigenvalue weighted by atomic mass is 10.1. The molecule has 1 aromatic carbocycles. The molecule has 0 atom stereocenters. The molecule has 3 nitrogen and oxygen atoms in total. The molecule has 2 rings (SSSR count). The Labute approximate surface area is 208 Å². The van der Waals surface area contributed by atoms with Gasteiger partial charge in [-0.1, -0.05) is 97.0 Å². The molecular formula is C29H47N3S. The van der Waals surface area contributed by atoms with Crippen LogP contribution in [0.15, 0.2) is 72.2 Å². The van der Waals surface area contributed by atoms with Crippen molar-refractivity contribution in [1.29, 1.82) is 0 Å². The zero-order valence-electron chi connectivity index (χ0n) is 22.7. The number of aryl methyl sites for hydroxylation is 2. The first-order valence-electron chi connectivity index (χ1n) is 12.0. The second-order valence-corrected chi connectivity index (χ2v) is 8.64. The van der Waals surface area contributed by atoms with Gasteiger partial charge in [-0.25, -0.2) is 4.98 Å². The first-order valence-corrected chi connectivity index (χ1v) is 12.8. The number of nitrogens with zero attached hydrogens (tertiary/aromatic N) is 2. The van der Waals surface area contributed by atoms with Gasteiger partial charge in [-0.05, 0) is 44.7 Å². The summed E-state index contributed by atoms with van der Waals surface area (Å²) in [6.45, 7) is 28.4. The summed E-state index contributed by atoms with van der Waals surface area (Å²) in [5, 5.41) is 4.16. The smallest absolute Gasteiger partial charge is 0.187 e. The van der Waals surface area contributed by atoms with Gasteiger partial charge in [-0.15, -0.1) is 11.3 Å². The molecule has 4 heteroatoms. The highest BCUT2D eigenvalue weighted by atomic mass is 32.1. The van der Waals surface area contributed by atoms with Crippen molar-refractivity contribution in [2.45, 2.75) is 82.1 Å². The Kier molecular flexibility index (Phi) is 20.0. The lowest BCUT2D eigenvalue weighted by molar-refractivity contribution is 0.888. The highest BCUT2D eigenvalue weighted by Gasteiger charge is 2.01. The number of allylic oxidation sites excluding steroid dienone is 3. The maximum Gasteiger partial charge on any atom is 0.187 e. The van der Waals surface area contributed by atoms with Gasteiger partial charge in [0.25, 0.3) is 0 Å². The summed E-state index contributed by atoms with van der Waals surface area (Å²) in [6, 6.07) is 8.51. The van der Waals surface area contributed by atoms with Gasteiger partial charge in [-0.2, -0.15) is 0 Å². The number of rotatable bonds is 8. The van der Waals surface area contributed by atoms with E-state index in [1.54, 1.807) is 11.3 Å².